The normalized spacial score (nSPS) is 13.2. The molecule has 0 unspecified atom stereocenters. The van der Waals surface area contributed by atoms with Gasteiger partial charge in [0.15, 0.2) is 0 Å². The van der Waals surface area contributed by atoms with E-state index in [0.717, 1.165) is 15.7 Å². The molecule has 0 saturated carbocycles. The number of carbonyl (C=O) groups is 3. The van der Waals surface area contributed by atoms with E-state index in [4.69, 9.17) is 0 Å². The maximum absolute atomic E-state index is 12.8. The summed E-state index contributed by atoms with van der Waals surface area (Å²) < 4.78 is 0. The zero-order chi connectivity index (χ0) is 17.6. The molecule has 0 radical (unpaired) electrons. The van der Waals surface area contributed by atoms with Crippen molar-refractivity contribution < 1.29 is 14.4 Å². The molecule has 0 spiro atoms. The molecule has 4 rings (SSSR count). The molecular weight excluding hydrogens is 316 g/mol. The van der Waals surface area contributed by atoms with Crippen LogP contribution in [0.15, 0.2) is 60.7 Å². The summed E-state index contributed by atoms with van der Waals surface area (Å²) >= 11 is 0. The average Bonchev–Trinajstić information content (AvgIpc) is 2.86. The number of rotatable bonds is 2. The Labute approximate surface area is 143 Å². The van der Waals surface area contributed by atoms with Crippen molar-refractivity contribution >= 4 is 34.2 Å². The van der Waals surface area contributed by atoms with Crippen molar-refractivity contribution in [3.8, 4) is 0 Å². The molecule has 25 heavy (non-hydrogen) atoms. The summed E-state index contributed by atoms with van der Waals surface area (Å²) in [6.45, 7) is 0. The molecular formula is C20H14N2O3. The molecule has 1 heterocycles. The lowest BCUT2D eigenvalue weighted by molar-refractivity contribution is 0.0693. The number of anilines is 1. The minimum absolute atomic E-state index is 0.239. The summed E-state index contributed by atoms with van der Waals surface area (Å²) in [4.78, 5) is 38.2. The quantitative estimate of drug-likeness (QED) is 0.733. The van der Waals surface area contributed by atoms with Crippen molar-refractivity contribution in [2.75, 3.05) is 12.4 Å². The highest BCUT2D eigenvalue weighted by atomic mass is 16.2. The third-order valence-electron chi connectivity index (χ3n) is 4.40. The van der Waals surface area contributed by atoms with Crippen LogP contribution >= 0.6 is 0 Å². The maximum Gasteiger partial charge on any atom is 0.263 e. The molecule has 122 valence electrons. The SMILES string of the molecule is CN1C(=O)c2cccc(NC(=O)c3cccc4ccccc34)c2C1=O. The first-order valence-electron chi connectivity index (χ1n) is 7.82. The van der Waals surface area contributed by atoms with Crippen LogP contribution in [0.3, 0.4) is 0 Å². The number of nitrogens with zero attached hydrogens (tertiary/aromatic N) is 1. The second-order valence-electron chi connectivity index (χ2n) is 5.88. The topological polar surface area (TPSA) is 66.5 Å². The molecule has 0 aromatic heterocycles. The van der Waals surface area contributed by atoms with Crippen molar-refractivity contribution in [2.24, 2.45) is 0 Å². The van der Waals surface area contributed by atoms with Crippen LogP contribution in [0.4, 0.5) is 5.69 Å². The van der Waals surface area contributed by atoms with E-state index in [1.165, 1.54) is 7.05 Å². The van der Waals surface area contributed by atoms with E-state index in [1.54, 1.807) is 24.3 Å². The Kier molecular flexibility index (Phi) is 3.35. The monoisotopic (exact) mass is 330 g/mol. The fraction of sp³-hybridized carbons (Fsp3) is 0.0500. The van der Waals surface area contributed by atoms with Gasteiger partial charge in [0, 0.05) is 12.6 Å². The summed E-state index contributed by atoms with van der Waals surface area (Å²) in [7, 11) is 1.43. The molecule has 1 aliphatic rings. The molecule has 3 aromatic carbocycles. The zero-order valence-electron chi connectivity index (χ0n) is 13.4. The Balaban J connectivity index is 1.76. The summed E-state index contributed by atoms with van der Waals surface area (Å²) in [6, 6.07) is 18.0. The highest BCUT2D eigenvalue weighted by Gasteiger charge is 2.35. The molecule has 0 aliphatic carbocycles. The van der Waals surface area contributed by atoms with Crippen molar-refractivity contribution in [3.63, 3.8) is 0 Å². The molecule has 1 N–H and O–H groups in total. The number of nitrogens with one attached hydrogen (secondary N) is 1. The summed E-state index contributed by atoms with van der Waals surface area (Å²) in [5.74, 6) is -1.09. The first-order valence-corrected chi connectivity index (χ1v) is 7.82. The van der Waals surface area contributed by atoms with Gasteiger partial charge in [-0.1, -0.05) is 42.5 Å². The smallest absolute Gasteiger partial charge is 0.263 e. The van der Waals surface area contributed by atoms with Crippen LogP contribution < -0.4 is 5.32 Å². The van der Waals surface area contributed by atoms with Crippen LogP contribution in [0, 0.1) is 0 Å². The second-order valence-corrected chi connectivity index (χ2v) is 5.88. The maximum atomic E-state index is 12.8. The number of hydrogen-bond acceptors (Lipinski definition) is 3. The van der Waals surface area contributed by atoms with E-state index in [2.05, 4.69) is 5.32 Å². The summed E-state index contributed by atoms with van der Waals surface area (Å²) in [5, 5.41) is 4.57. The van der Waals surface area contributed by atoms with Crippen LogP contribution in [-0.2, 0) is 0 Å². The Hall–Kier alpha value is -3.47. The molecule has 1 aliphatic heterocycles. The van der Waals surface area contributed by atoms with Crippen LogP contribution in [0.5, 0.6) is 0 Å². The summed E-state index contributed by atoms with van der Waals surface area (Å²) in [6.07, 6.45) is 0. The Morgan fingerprint density at radius 3 is 2.44 bits per heavy atom. The van der Waals surface area contributed by atoms with Crippen LogP contribution in [0.25, 0.3) is 10.8 Å². The van der Waals surface area contributed by atoms with Crippen LogP contribution in [0.1, 0.15) is 31.1 Å². The van der Waals surface area contributed by atoms with Crippen molar-refractivity contribution in [3.05, 3.63) is 77.4 Å². The molecule has 0 bridgehead atoms. The molecule has 5 nitrogen and oxygen atoms in total. The lowest BCUT2D eigenvalue weighted by atomic mass is 10.0. The molecule has 3 aromatic rings. The van der Waals surface area contributed by atoms with Crippen molar-refractivity contribution in [1.29, 1.82) is 0 Å². The minimum atomic E-state index is -0.409. The van der Waals surface area contributed by atoms with Gasteiger partial charge in [-0.25, -0.2) is 0 Å². The van der Waals surface area contributed by atoms with E-state index in [9.17, 15) is 14.4 Å². The predicted octanol–water partition coefficient (Wildman–Crippen LogP) is 3.32. The van der Waals surface area contributed by atoms with E-state index in [1.807, 2.05) is 36.4 Å². The minimum Gasteiger partial charge on any atom is -0.321 e. The molecule has 0 fully saturated rings. The molecule has 5 heteroatoms. The van der Waals surface area contributed by atoms with E-state index < -0.39 is 5.91 Å². The first kappa shape index (κ1) is 15.1. The van der Waals surface area contributed by atoms with Crippen molar-refractivity contribution in [1.82, 2.24) is 4.90 Å². The Bertz CT molecular complexity index is 1050. The van der Waals surface area contributed by atoms with E-state index in [0.29, 0.717) is 16.8 Å². The lowest BCUT2D eigenvalue weighted by Gasteiger charge is -2.10. The highest BCUT2D eigenvalue weighted by molar-refractivity contribution is 6.25. The van der Waals surface area contributed by atoms with Gasteiger partial charge >= 0.3 is 0 Å². The first-order chi connectivity index (χ1) is 12.1. The number of fused-ring (bicyclic) bond motifs is 2. The average molecular weight is 330 g/mol. The standard InChI is InChI=1S/C20H14N2O3/c1-22-19(24)15-10-5-11-16(17(15)20(22)25)21-18(23)14-9-4-7-12-6-2-3-8-13(12)14/h2-11H,1H3,(H,21,23). The molecule has 0 atom stereocenters. The van der Waals surface area contributed by atoms with Crippen LogP contribution in [-0.4, -0.2) is 29.7 Å². The Morgan fingerprint density at radius 1 is 0.880 bits per heavy atom. The fourth-order valence-corrected chi connectivity index (χ4v) is 3.12. The van der Waals surface area contributed by atoms with Gasteiger partial charge in [-0.2, -0.15) is 0 Å². The van der Waals surface area contributed by atoms with Crippen LogP contribution in [0.2, 0.25) is 0 Å². The Morgan fingerprint density at radius 2 is 1.60 bits per heavy atom. The van der Waals surface area contributed by atoms with Gasteiger partial charge in [-0.05, 0) is 29.0 Å². The molecule has 3 amide bonds. The van der Waals surface area contributed by atoms with Crippen molar-refractivity contribution in [2.45, 2.75) is 0 Å². The third-order valence-corrected chi connectivity index (χ3v) is 4.40. The van der Waals surface area contributed by atoms with E-state index in [-0.39, 0.29) is 17.4 Å². The zero-order valence-corrected chi connectivity index (χ0v) is 13.4. The number of amides is 3. The number of hydrogen-bond donors (Lipinski definition) is 1. The van der Waals surface area contributed by atoms with Gasteiger partial charge in [0.1, 0.15) is 0 Å². The number of imide groups is 1. The third kappa shape index (κ3) is 2.29. The fourth-order valence-electron chi connectivity index (χ4n) is 3.12. The largest absolute Gasteiger partial charge is 0.321 e. The van der Waals surface area contributed by atoms with Gasteiger partial charge in [-0.3, -0.25) is 19.3 Å². The van der Waals surface area contributed by atoms with Gasteiger partial charge in [0.25, 0.3) is 17.7 Å². The van der Waals surface area contributed by atoms with Gasteiger partial charge < -0.3 is 5.32 Å². The second kappa shape index (κ2) is 5.56. The van der Waals surface area contributed by atoms with Gasteiger partial charge in [-0.15, -0.1) is 0 Å². The van der Waals surface area contributed by atoms with Gasteiger partial charge in [0.2, 0.25) is 0 Å². The predicted molar refractivity (Wildman–Crippen MR) is 94.8 cm³/mol. The lowest BCUT2D eigenvalue weighted by Crippen LogP contribution is -2.24. The highest BCUT2D eigenvalue weighted by Crippen LogP contribution is 2.29. The van der Waals surface area contributed by atoms with Gasteiger partial charge in [0.05, 0.1) is 16.8 Å². The molecule has 0 saturated heterocycles. The van der Waals surface area contributed by atoms with E-state index >= 15 is 0 Å². The number of carbonyl (C=O) groups excluding carboxylic acids is 3. The number of benzene rings is 3. The summed E-state index contributed by atoms with van der Waals surface area (Å²) in [5.41, 5.74) is 1.41.